The highest BCUT2D eigenvalue weighted by Crippen LogP contribution is 2.34. The van der Waals surface area contributed by atoms with Gasteiger partial charge in [0.15, 0.2) is 5.82 Å². The van der Waals surface area contributed by atoms with E-state index in [4.69, 9.17) is 9.47 Å². The molecule has 1 atom stereocenters. The van der Waals surface area contributed by atoms with E-state index in [1.807, 2.05) is 0 Å². The van der Waals surface area contributed by atoms with E-state index in [2.05, 4.69) is 15.0 Å². The van der Waals surface area contributed by atoms with Gasteiger partial charge in [0.2, 0.25) is 0 Å². The van der Waals surface area contributed by atoms with Crippen molar-refractivity contribution in [2.45, 2.75) is 38.3 Å². The Kier molecular flexibility index (Phi) is 7.75. The van der Waals surface area contributed by atoms with Gasteiger partial charge in [0, 0.05) is 18.6 Å². The fourth-order valence-electron chi connectivity index (χ4n) is 4.68. The van der Waals surface area contributed by atoms with Crippen LogP contribution in [0, 0.1) is 17.5 Å². The molecule has 3 aromatic heterocycles. The number of rotatable bonds is 9. The molecular weight excluding hydrogens is 614 g/mol. The van der Waals surface area contributed by atoms with E-state index in [1.54, 1.807) is 10.6 Å². The van der Waals surface area contributed by atoms with Gasteiger partial charge >= 0.3 is 12.1 Å². The molecule has 1 fully saturated rings. The summed E-state index contributed by atoms with van der Waals surface area (Å²) in [6, 6.07) is 8.32. The molecule has 1 aliphatic heterocycles. The Morgan fingerprint density at radius 1 is 1.07 bits per heavy atom. The van der Waals surface area contributed by atoms with Crippen LogP contribution in [0.5, 0.6) is 5.88 Å². The molecule has 0 aliphatic carbocycles. The Morgan fingerprint density at radius 3 is 2.55 bits per heavy atom. The van der Waals surface area contributed by atoms with Crippen LogP contribution in [0.3, 0.4) is 0 Å². The number of imidazole rings is 1. The van der Waals surface area contributed by atoms with Gasteiger partial charge in [-0.05, 0) is 54.4 Å². The second-order valence-electron chi connectivity index (χ2n) is 9.92. The molecule has 8 nitrogen and oxygen atoms in total. The molecule has 0 bridgehead atoms. The Bertz CT molecular complexity index is 1890. The lowest BCUT2D eigenvalue weighted by Crippen LogP contribution is -2.31. The fraction of sp³-hybridized carbons (Fsp3) is 0.241. The topological polar surface area (TPSA) is 99.4 Å². The van der Waals surface area contributed by atoms with Crippen molar-refractivity contribution in [3.05, 3.63) is 92.9 Å². The molecule has 0 spiro atoms. The maximum atomic E-state index is 15.4. The second-order valence-corrected chi connectivity index (χ2v) is 11.0. The van der Waals surface area contributed by atoms with Crippen molar-refractivity contribution in [2.24, 2.45) is 0 Å². The van der Waals surface area contributed by atoms with Crippen LogP contribution in [0.15, 0.2) is 48.7 Å². The molecule has 4 heterocycles. The quantitative estimate of drug-likeness (QED) is 0.181. The van der Waals surface area contributed by atoms with Crippen LogP contribution in [0.1, 0.15) is 38.1 Å². The zero-order valence-corrected chi connectivity index (χ0v) is 23.2. The van der Waals surface area contributed by atoms with E-state index in [-0.39, 0.29) is 39.9 Å². The Hall–Kier alpha value is -4.50. The Balaban J connectivity index is 1.27. The van der Waals surface area contributed by atoms with Crippen molar-refractivity contribution >= 4 is 28.3 Å². The van der Waals surface area contributed by atoms with Gasteiger partial charge in [-0.1, -0.05) is 0 Å². The maximum absolute atomic E-state index is 15.4. The molecule has 0 unspecified atom stereocenters. The molecule has 6 rings (SSSR count). The molecule has 1 saturated heterocycles. The number of carboxylic acids is 1. The van der Waals surface area contributed by atoms with Crippen molar-refractivity contribution in [3.8, 4) is 17.1 Å². The summed E-state index contributed by atoms with van der Waals surface area (Å²) >= 11 is 0.323. The lowest BCUT2D eigenvalue weighted by Gasteiger charge is -2.27. The van der Waals surface area contributed by atoms with Crippen molar-refractivity contribution in [1.29, 1.82) is 0 Å². The van der Waals surface area contributed by atoms with E-state index in [0.29, 0.717) is 47.5 Å². The highest BCUT2D eigenvalue weighted by molar-refractivity contribution is 7.11. The number of alkyl halides is 3. The van der Waals surface area contributed by atoms with E-state index in [1.165, 1.54) is 12.1 Å². The number of fused-ring (bicyclic) bond motifs is 1. The highest BCUT2D eigenvalue weighted by atomic mass is 32.1. The van der Waals surface area contributed by atoms with E-state index >= 15 is 8.78 Å². The largest absolute Gasteiger partial charge is 0.478 e. The van der Waals surface area contributed by atoms with Gasteiger partial charge in [-0.3, -0.25) is 0 Å². The standard InChI is InChI=1S/C29H20F6N4O4S/c30-18-2-4-21(38-27(18)43-13-26-36-11-24(44-26)29(33,34)35)17-10-19(31)15(7-20(17)32)9-25-37-22-3-1-14(28(40)41)8-23(22)39(25)12-16-5-6-42-16/h1-4,7-8,10-11,16H,5-6,9,12-13H2,(H,40,41)/t16-/m0/s1. The molecular formula is C29H20F6N4O4S. The van der Waals surface area contributed by atoms with Gasteiger partial charge in [-0.25, -0.2) is 32.9 Å². The van der Waals surface area contributed by atoms with Crippen LogP contribution in [0.25, 0.3) is 22.3 Å². The van der Waals surface area contributed by atoms with Crippen LogP contribution in [0.4, 0.5) is 26.3 Å². The number of pyridine rings is 1. The van der Waals surface area contributed by atoms with Crippen molar-refractivity contribution < 1.29 is 45.7 Å². The lowest BCUT2D eigenvalue weighted by molar-refractivity contribution is -0.134. The van der Waals surface area contributed by atoms with Crippen LogP contribution in [0.2, 0.25) is 0 Å². The molecule has 0 amide bonds. The summed E-state index contributed by atoms with van der Waals surface area (Å²) in [7, 11) is 0. The number of carbonyl (C=O) groups is 1. The zero-order valence-electron chi connectivity index (χ0n) is 22.4. The maximum Gasteiger partial charge on any atom is 0.427 e. The summed E-state index contributed by atoms with van der Waals surface area (Å²) in [5, 5.41) is 9.34. The summed E-state index contributed by atoms with van der Waals surface area (Å²) in [6.07, 6.45) is -3.44. The minimum absolute atomic E-state index is 0.0429. The third-order valence-electron chi connectivity index (χ3n) is 6.99. The number of halogens is 6. The zero-order chi connectivity index (χ0) is 31.2. The van der Waals surface area contributed by atoms with E-state index in [9.17, 15) is 27.5 Å². The van der Waals surface area contributed by atoms with Crippen LogP contribution >= 0.6 is 11.3 Å². The van der Waals surface area contributed by atoms with Crippen molar-refractivity contribution in [1.82, 2.24) is 19.5 Å². The minimum Gasteiger partial charge on any atom is -0.478 e. The SMILES string of the molecule is O=C(O)c1ccc2nc(Cc3cc(F)c(-c4ccc(F)c(OCc5ncc(C(F)(F)F)s5)n4)cc3F)n(C[C@@H]3CCO3)c2c1. The first-order valence-corrected chi connectivity index (χ1v) is 13.9. The molecule has 0 saturated carbocycles. The number of hydrogen-bond donors (Lipinski definition) is 1. The lowest BCUT2D eigenvalue weighted by atomic mass is 10.0. The van der Waals surface area contributed by atoms with Gasteiger partial charge in [-0.15, -0.1) is 11.3 Å². The summed E-state index contributed by atoms with van der Waals surface area (Å²) in [5.41, 5.74) is 0.538. The first-order chi connectivity index (χ1) is 21.0. The second kappa shape index (κ2) is 11.5. The average Bonchev–Trinajstić information content (AvgIpc) is 3.56. The molecule has 2 aromatic carbocycles. The van der Waals surface area contributed by atoms with Gasteiger partial charge in [-0.2, -0.15) is 13.2 Å². The molecule has 15 heteroatoms. The smallest absolute Gasteiger partial charge is 0.427 e. The monoisotopic (exact) mass is 634 g/mol. The number of benzene rings is 2. The molecule has 1 aliphatic rings. The van der Waals surface area contributed by atoms with Crippen LogP contribution in [-0.2, 0) is 30.5 Å². The number of thiazole rings is 1. The number of carboxylic acid groups (broad SMARTS) is 1. The third kappa shape index (κ3) is 5.97. The van der Waals surface area contributed by atoms with E-state index in [0.717, 1.165) is 30.7 Å². The summed E-state index contributed by atoms with van der Waals surface area (Å²) in [6.45, 7) is 0.408. The molecule has 1 N–H and O–H groups in total. The number of ether oxygens (including phenoxy) is 2. The molecule has 5 aromatic rings. The van der Waals surface area contributed by atoms with Gasteiger partial charge in [0.1, 0.15) is 34.0 Å². The van der Waals surface area contributed by atoms with Crippen LogP contribution < -0.4 is 4.74 Å². The molecule has 228 valence electrons. The molecule has 0 radical (unpaired) electrons. The van der Waals surface area contributed by atoms with Crippen molar-refractivity contribution in [2.75, 3.05) is 6.61 Å². The van der Waals surface area contributed by atoms with Gasteiger partial charge < -0.3 is 19.1 Å². The number of aromatic nitrogens is 4. The third-order valence-corrected chi connectivity index (χ3v) is 8.01. The van der Waals surface area contributed by atoms with E-state index < -0.39 is 47.0 Å². The summed E-state index contributed by atoms with van der Waals surface area (Å²) in [4.78, 5) is 22.6. The van der Waals surface area contributed by atoms with Crippen molar-refractivity contribution in [3.63, 3.8) is 0 Å². The minimum atomic E-state index is -4.59. The first-order valence-electron chi connectivity index (χ1n) is 13.1. The first kappa shape index (κ1) is 29.6. The number of aromatic carboxylic acids is 1. The van der Waals surface area contributed by atoms with Gasteiger partial charge in [0.05, 0.1) is 41.1 Å². The normalized spacial score (nSPS) is 15.0. The highest BCUT2D eigenvalue weighted by Gasteiger charge is 2.33. The number of nitrogens with zero attached hydrogens (tertiary/aromatic N) is 4. The van der Waals surface area contributed by atoms with Crippen LogP contribution in [-0.4, -0.2) is 43.3 Å². The van der Waals surface area contributed by atoms with Gasteiger partial charge in [0.25, 0.3) is 5.88 Å². The summed E-state index contributed by atoms with van der Waals surface area (Å²) < 4.78 is 96.1. The average molecular weight is 635 g/mol. The molecule has 44 heavy (non-hydrogen) atoms. The predicted molar refractivity (Wildman–Crippen MR) is 145 cm³/mol. The Morgan fingerprint density at radius 2 is 1.86 bits per heavy atom. The fourth-order valence-corrected chi connectivity index (χ4v) is 5.38. The summed E-state index contributed by atoms with van der Waals surface area (Å²) in [5.74, 6) is -4.01. The number of hydrogen-bond acceptors (Lipinski definition) is 7. The Labute approximate surface area is 248 Å². The predicted octanol–water partition coefficient (Wildman–Crippen LogP) is 6.65.